The summed E-state index contributed by atoms with van der Waals surface area (Å²) in [5.74, 6) is 0.615. The minimum atomic E-state index is -0.616. The van der Waals surface area contributed by atoms with Crippen molar-refractivity contribution in [3.8, 4) is 0 Å². The van der Waals surface area contributed by atoms with Crippen molar-refractivity contribution >= 4 is 23.1 Å². The van der Waals surface area contributed by atoms with Crippen LogP contribution < -0.4 is 0 Å². The van der Waals surface area contributed by atoms with Gasteiger partial charge in [-0.1, -0.05) is 12.1 Å². The van der Waals surface area contributed by atoms with E-state index in [1.807, 2.05) is 7.05 Å². The molecule has 7 nitrogen and oxygen atoms in total. The Bertz CT molecular complexity index is 699. The molecule has 0 bridgehead atoms. The van der Waals surface area contributed by atoms with E-state index in [0.29, 0.717) is 11.4 Å². The molecule has 0 aliphatic rings. The number of nitro groups is 1. The molecule has 2 aromatic rings. The number of rotatable bonds is 4. The van der Waals surface area contributed by atoms with Crippen LogP contribution in [0.15, 0.2) is 36.7 Å². The lowest BCUT2D eigenvalue weighted by molar-refractivity contribution is -0.385. The smallest absolute Gasteiger partial charge is 0.269 e. The van der Waals surface area contributed by atoms with Crippen LogP contribution in [0.2, 0.25) is 0 Å². The lowest BCUT2D eigenvalue weighted by Gasteiger charge is -2.22. The van der Waals surface area contributed by atoms with Crippen molar-refractivity contribution < 1.29 is 9.66 Å². The summed E-state index contributed by atoms with van der Waals surface area (Å²) in [6.07, 6.45) is 2.80. The normalized spacial score (nSPS) is 11.8. The molecule has 0 radical (unpaired) electrons. The van der Waals surface area contributed by atoms with Crippen molar-refractivity contribution in [2.75, 3.05) is 14.1 Å². The zero-order chi connectivity index (χ0) is 16.3. The molecule has 0 amide bonds. The highest BCUT2D eigenvalue weighted by molar-refractivity contribution is 7.80. The van der Waals surface area contributed by atoms with Crippen LogP contribution in [0.1, 0.15) is 17.5 Å². The molecule has 0 aliphatic carbocycles. The topological polar surface area (TPSA) is 73.4 Å². The SMILES string of the molecule is CN(C)C(=S)OC(c1cccc([N+](=O)[O-])c1)c1nccn1C. The van der Waals surface area contributed by atoms with Gasteiger partial charge in [-0.05, 0) is 12.2 Å². The molecule has 0 saturated heterocycles. The number of aryl methyl sites for hydroxylation is 1. The van der Waals surface area contributed by atoms with E-state index in [-0.39, 0.29) is 10.9 Å². The lowest BCUT2D eigenvalue weighted by Crippen LogP contribution is -2.26. The molecule has 0 fully saturated rings. The maximum Gasteiger partial charge on any atom is 0.269 e. The summed E-state index contributed by atoms with van der Waals surface area (Å²) in [6.45, 7) is 0. The zero-order valence-corrected chi connectivity index (χ0v) is 13.3. The fourth-order valence-corrected chi connectivity index (χ4v) is 2.00. The highest BCUT2D eigenvalue weighted by Gasteiger charge is 2.24. The number of thiocarbonyl (C=S) groups is 1. The number of hydrogen-bond acceptors (Lipinski definition) is 5. The maximum absolute atomic E-state index is 11.0. The second-order valence-corrected chi connectivity index (χ2v) is 5.26. The van der Waals surface area contributed by atoms with Gasteiger partial charge < -0.3 is 14.2 Å². The third-order valence-corrected chi connectivity index (χ3v) is 3.52. The first kappa shape index (κ1) is 15.9. The highest BCUT2D eigenvalue weighted by atomic mass is 32.1. The van der Waals surface area contributed by atoms with Gasteiger partial charge in [-0.25, -0.2) is 4.98 Å². The third-order valence-electron chi connectivity index (χ3n) is 3.06. The molecule has 1 aromatic carbocycles. The second-order valence-electron chi connectivity index (χ2n) is 4.91. The van der Waals surface area contributed by atoms with Crippen molar-refractivity contribution in [1.82, 2.24) is 14.5 Å². The van der Waals surface area contributed by atoms with E-state index in [2.05, 4.69) is 4.98 Å². The van der Waals surface area contributed by atoms with Gasteiger partial charge in [0.05, 0.1) is 4.92 Å². The number of nitro benzene ring substituents is 1. The molecule has 2 rings (SSSR count). The zero-order valence-electron chi connectivity index (χ0n) is 12.5. The Hall–Kier alpha value is -2.48. The fraction of sp³-hybridized carbons (Fsp3) is 0.286. The van der Waals surface area contributed by atoms with E-state index < -0.39 is 11.0 Å². The Kier molecular flexibility index (Phi) is 4.71. The lowest BCUT2D eigenvalue weighted by atomic mass is 10.1. The highest BCUT2D eigenvalue weighted by Crippen LogP contribution is 2.27. The number of imidazole rings is 1. The van der Waals surface area contributed by atoms with Gasteiger partial charge in [0.15, 0.2) is 11.9 Å². The molecule has 1 atom stereocenters. The van der Waals surface area contributed by atoms with E-state index in [0.717, 1.165) is 0 Å². The molecular weight excluding hydrogens is 304 g/mol. The van der Waals surface area contributed by atoms with Gasteiger partial charge in [-0.3, -0.25) is 10.1 Å². The van der Waals surface area contributed by atoms with Crippen molar-refractivity contribution in [1.29, 1.82) is 0 Å². The standard InChI is InChI=1S/C14H16N4O3S/c1-16(2)14(22)21-12(13-15-7-8-17(13)3)10-5-4-6-11(9-10)18(19)20/h4-9,12H,1-3H3. The predicted molar refractivity (Wildman–Crippen MR) is 85.5 cm³/mol. The molecule has 116 valence electrons. The molecule has 22 heavy (non-hydrogen) atoms. The van der Waals surface area contributed by atoms with Crippen molar-refractivity contribution in [3.63, 3.8) is 0 Å². The Morgan fingerprint density at radius 3 is 2.77 bits per heavy atom. The number of aromatic nitrogens is 2. The number of ether oxygens (including phenoxy) is 1. The van der Waals surface area contributed by atoms with Gasteiger partial charge in [0.1, 0.15) is 0 Å². The minimum Gasteiger partial charge on any atom is -0.454 e. The Labute approximate surface area is 133 Å². The molecule has 0 spiro atoms. The van der Waals surface area contributed by atoms with Crippen molar-refractivity contribution in [3.05, 3.63) is 58.2 Å². The quantitative estimate of drug-likeness (QED) is 0.489. The predicted octanol–water partition coefficient (Wildman–Crippen LogP) is 2.28. The Morgan fingerprint density at radius 2 is 2.23 bits per heavy atom. The summed E-state index contributed by atoms with van der Waals surface area (Å²) in [6, 6.07) is 6.27. The second kappa shape index (κ2) is 6.52. The summed E-state index contributed by atoms with van der Waals surface area (Å²) in [7, 11) is 5.37. The van der Waals surface area contributed by atoms with Crippen molar-refractivity contribution in [2.24, 2.45) is 7.05 Å². The Balaban J connectivity index is 2.44. The number of hydrogen-bond donors (Lipinski definition) is 0. The summed E-state index contributed by atoms with van der Waals surface area (Å²) in [4.78, 5) is 16.5. The van der Waals surface area contributed by atoms with Crippen LogP contribution >= 0.6 is 12.2 Å². The maximum atomic E-state index is 11.0. The largest absolute Gasteiger partial charge is 0.454 e. The number of nitrogens with zero attached hydrogens (tertiary/aromatic N) is 4. The van der Waals surface area contributed by atoms with Crippen LogP contribution in [0.25, 0.3) is 0 Å². The first-order valence-electron chi connectivity index (χ1n) is 6.49. The third kappa shape index (κ3) is 3.40. The van der Waals surface area contributed by atoms with E-state index in [4.69, 9.17) is 17.0 Å². The van der Waals surface area contributed by atoms with Crippen LogP contribution in [0, 0.1) is 10.1 Å². The average molecular weight is 320 g/mol. The monoisotopic (exact) mass is 320 g/mol. The first-order chi connectivity index (χ1) is 10.4. The molecular formula is C14H16N4O3S. The van der Waals surface area contributed by atoms with Crippen molar-refractivity contribution in [2.45, 2.75) is 6.10 Å². The molecule has 1 heterocycles. The van der Waals surface area contributed by atoms with Crippen LogP contribution in [0.3, 0.4) is 0 Å². The average Bonchev–Trinajstić information content (AvgIpc) is 2.90. The molecule has 8 heteroatoms. The van der Waals surface area contributed by atoms with Gasteiger partial charge in [0, 0.05) is 51.2 Å². The van der Waals surface area contributed by atoms with Gasteiger partial charge in [-0.15, -0.1) is 0 Å². The molecule has 0 N–H and O–H groups in total. The van der Waals surface area contributed by atoms with E-state index >= 15 is 0 Å². The summed E-state index contributed by atoms with van der Waals surface area (Å²) in [5.41, 5.74) is 0.615. The van der Waals surface area contributed by atoms with Crippen LogP contribution in [0.4, 0.5) is 5.69 Å². The summed E-state index contributed by atoms with van der Waals surface area (Å²) >= 11 is 5.19. The molecule has 0 saturated carbocycles. The minimum absolute atomic E-state index is 0.00363. The molecule has 1 unspecified atom stereocenters. The van der Waals surface area contributed by atoms with Gasteiger partial charge in [-0.2, -0.15) is 0 Å². The molecule has 1 aromatic heterocycles. The fourth-order valence-electron chi connectivity index (χ4n) is 1.91. The van der Waals surface area contributed by atoms with E-state index in [1.54, 1.807) is 48.1 Å². The van der Waals surface area contributed by atoms with Gasteiger partial charge >= 0.3 is 0 Å². The number of benzene rings is 1. The first-order valence-corrected chi connectivity index (χ1v) is 6.90. The number of non-ortho nitro benzene ring substituents is 1. The summed E-state index contributed by atoms with van der Waals surface area (Å²) in [5, 5.41) is 11.2. The van der Waals surface area contributed by atoms with Crippen LogP contribution in [0.5, 0.6) is 0 Å². The van der Waals surface area contributed by atoms with Gasteiger partial charge in [0.2, 0.25) is 0 Å². The van der Waals surface area contributed by atoms with E-state index in [9.17, 15) is 10.1 Å². The summed E-state index contributed by atoms with van der Waals surface area (Å²) < 4.78 is 7.60. The molecule has 0 aliphatic heterocycles. The van der Waals surface area contributed by atoms with Crippen LogP contribution in [-0.4, -0.2) is 38.6 Å². The van der Waals surface area contributed by atoms with E-state index in [1.165, 1.54) is 12.1 Å². The van der Waals surface area contributed by atoms with Crippen LogP contribution in [-0.2, 0) is 11.8 Å². The Morgan fingerprint density at radius 1 is 1.50 bits per heavy atom. The van der Waals surface area contributed by atoms with Gasteiger partial charge in [0.25, 0.3) is 10.9 Å².